The van der Waals surface area contributed by atoms with Gasteiger partial charge in [0.2, 0.25) is 0 Å². The average molecular weight is 258 g/mol. The summed E-state index contributed by atoms with van der Waals surface area (Å²) in [5.41, 5.74) is 2.13. The van der Waals surface area contributed by atoms with Crippen LogP contribution in [0.15, 0.2) is 36.4 Å². The van der Waals surface area contributed by atoms with Gasteiger partial charge in [0.25, 0.3) is 0 Å². The number of aryl methyl sites for hydroxylation is 1. The number of aliphatic hydroxyl groups is 1. The highest BCUT2D eigenvalue weighted by Gasteiger charge is 2.26. The molecule has 19 heavy (non-hydrogen) atoms. The van der Waals surface area contributed by atoms with E-state index in [1.807, 2.05) is 30.3 Å². The van der Waals surface area contributed by atoms with Gasteiger partial charge in [-0.25, -0.2) is 0 Å². The summed E-state index contributed by atoms with van der Waals surface area (Å²) in [6, 6.07) is 12.2. The average Bonchev–Trinajstić information content (AvgIpc) is 2.48. The van der Waals surface area contributed by atoms with Crippen molar-refractivity contribution < 1.29 is 14.6 Å². The predicted octanol–water partition coefficient (Wildman–Crippen LogP) is 2.60. The Morgan fingerprint density at radius 1 is 1.11 bits per heavy atom. The summed E-state index contributed by atoms with van der Waals surface area (Å²) in [5, 5.41) is 12.8. The lowest BCUT2D eigenvalue weighted by Gasteiger charge is -2.28. The zero-order chi connectivity index (χ0) is 13.2. The molecule has 3 nitrogen and oxygen atoms in total. The fourth-order valence-corrected chi connectivity index (χ4v) is 2.62. The van der Waals surface area contributed by atoms with Gasteiger partial charge >= 0.3 is 0 Å². The van der Waals surface area contributed by atoms with Crippen molar-refractivity contribution in [2.45, 2.75) is 19.1 Å². The summed E-state index contributed by atoms with van der Waals surface area (Å²) in [5.74, 6) is 0. The van der Waals surface area contributed by atoms with Crippen LogP contribution in [0.5, 0.6) is 0 Å². The van der Waals surface area contributed by atoms with E-state index in [4.69, 9.17) is 9.47 Å². The number of hydrogen-bond donors (Lipinski definition) is 1. The highest BCUT2D eigenvalue weighted by Crippen LogP contribution is 2.30. The monoisotopic (exact) mass is 258 g/mol. The smallest absolute Gasteiger partial charge is 0.111 e. The van der Waals surface area contributed by atoms with Crippen LogP contribution in [0, 0.1) is 6.92 Å². The zero-order valence-corrected chi connectivity index (χ0v) is 11.0. The van der Waals surface area contributed by atoms with Gasteiger partial charge in [-0.3, -0.25) is 0 Å². The van der Waals surface area contributed by atoms with E-state index in [2.05, 4.69) is 13.0 Å². The summed E-state index contributed by atoms with van der Waals surface area (Å²) >= 11 is 0. The fourth-order valence-electron chi connectivity index (χ4n) is 2.62. The van der Waals surface area contributed by atoms with Gasteiger partial charge < -0.3 is 14.6 Å². The van der Waals surface area contributed by atoms with Crippen LogP contribution in [0.2, 0.25) is 0 Å². The Labute approximate surface area is 112 Å². The van der Waals surface area contributed by atoms with E-state index in [0.717, 1.165) is 10.9 Å². The van der Waals surface area contributed by atoms with Crippen molar-refractivity contribution in [2.75, 3.05) is 19.8 Å². The van der Waals surface area contributed by atoms with Gasteiger partial charge in [0.1, 0.15) is 12.2 Å². The summed E-state index contributed by atoms with van der Waals surface area (Å²) in [6.07, 6.45) is -0.925. The number of rotatable bonds is 2. The van der Waals surface area contributed by atoms with E-state index in [1.54, 1.807) is 0 Å². The van der Waals surface area contributed by atoms with Gasteiger partial charge in [-0.05, 0) is 28.8 Å². The first kappa shape index (κ1) is 12.6. The fraction of sp³-hybridized carbons (Fsp3) is 0.375. The molecule has 1 aliphatic heterocycles. The predicted molar refractivity (Wildman–Crippen MR) is 74.2 cm³/mol. The molecule has 0 bridgehead atoms. The van der Waals surface area contributed by atoms with Gasteiger partial charge in [0, 0.05) is 0 Å². The van der Waals surface area contributed by atoms with Crippen LogP contribution in [0.3, 0.4) is 0 Å². The van der Waals surface area contributed by atoms with Crippen molar-refractivity contribution in [3.05, 3.63) is 47.5 Å². The lowest BCUT2D eigenvalue weighted by atomic mass is 9.95. The second kappa shape index (κ2) is 5.29. The van der Waals surface area contributed by atoms with Gasteiger partial charge in [0.15, 0.2) is 0 Å². The molecule has 1 aliphatic rings. The molecule has 1 fully saturated rings. The molecule has 2 aromatic rings. The second-order valence-electron chi connectivity index (χ2n) is 4.95. The van der Waals surface area contributed by atoms with Crippen molar-refractivity contribution in [3.63, 3.8) is 0 Å². The second-order valence-corrected chi connectivity index (χ2v) is 4.95. The van der Waals surface area contributed by atoms with Gasteiger partial charge in [0.05, 0.1) is 19.8 Å². The van der Waals surface area contributed by atoms with E-state index in [9.17, 15) is 5.11 Å². The quantitative estimate of drug-likeness (QED) is 0.900. The van der Waals surface area contributed by atoms with Crippen LogP contribution in [0.1, 0.15) is 17.2 Å². The molecule has 0 spiro atoms. The van der Waals surface area contributed by atoms with Gasteiger partial charge in [-0.2, -0.15) is 0 Å². The summed E-state index contributed by atoms with van der Waals surface area (Å²) < 4.78 is 11.0. The Balaban J connectivity index is 2.02. The first-order valence-electron chi connectivity index (χ1n) is 6.63. The molecule has 0 radical (unpaired) electrons. The molecule has 0 saturated carbocycles. The topological polar surface area (TPSA) is 38.7 Å². The van der Waals surface area contributed by atoms with E-state index in [1.165, 1.54) is 10.9 Å². The minimum absolute atomic E-state index is 0.278. The zero-order valence-electron chi connectivity index (χ0n) is 11.0. The molecule has 2 aromatic carbocycles. The highest BCUT2D eigenvalue weighted by molar-refractivity contribution is 5.88. The van der Waals surface area contributed by atoms with E-state index in [-0.39, 0.29) is 6.10 Å². The number of fused-ring (bicyclic) bond motifs is 1. The molecule has 3 rings (SSSR count). The number of aliphatic hydroxyl groups excluding tert-OH is 1. The van der Waals surface area contributed by atoms with Crippen molar-refractivity contribution in [1.82, 2.24) is 0 Å². The maximum atomic E-state index is 10.5. The molecule has 2 atom stereocenters. The molecule has 0 amide bonds. The summed E-state index contributed by atoms with van der Waals surface area (Å²) in [4.78, 5) is 0. The normalized spacial score (nSPS) is 21.5. The molecule has 3 heteroatoms. The maximum absolute atomic E-state index is 10.5. The Morgan fingerprint density at radius 2 is 1.89 bits per heavy atom. The number of benzene rings is 2. The molecule has 0 aliphatic carbocycles. The molecule has 1 heterocycles. The highest BCUT2D eigenvalue weighted by atomic mass is 16.6. The summed E-state index contributed by atoms with van der Waals surface area (Å²) in [6.45, 7) is 3.69. The van der Waals surface area contributed by atoms with Crippen LogP contribution in [0.4, 0.5) is 0 Å². The third-order valence-electron chi connectivity index (χ3n) is 3.69. The van der Waals surface area contributed by atoms with Crippen LogP contribution >= 0.6 is 0 Å². The standard InChI is InChI=1S/C16H18O3/c1-11-6-7-14(13-5-3-2-4-12(11)13)16(17)15-10-18-8-9-19-15/h2-7,15-17H,8-10H2,1H3. The molecule has 2 unspecified atom stereocenters. The minimum Gasteiger partial charge on any atom is -0.386 e. The Hall–Kier alpha value is -1.42. The molecule has 0 aromatic heterocycles. The van der Waals surface area contributed by atoms with E-state index < -0.39 is 6.10 Å². The molecular weight excluding hydrogens is 240 g/mol. The third-order valence-corrected chi connectivity index (χ3v) is 3.69. The van der Waals surface area contributed by atoms with Crippen LogP contribution in [-0.4, -0.2) is 31.0 Å². The third kappa shape index (κ3) is 2.37. The van der Waals surface area contributed by atoms with Gasteiger partial charge in [-0.15, -0.1) is 0 Å². The Kier molecular flexibility index (Phi) is 3.51. The van der Waals surface area contributed by atoms with E-state index in [0.29, 0.717) is 19.8 Å². The SMILES string of the molecule is Cc1ccc(C(O)C2COCCO2)c2ccccc12. The van der Waals surface area contributed by atoms with Crippen molar-refractivity contribution in [1.29, 1.82) is 0 Å². The van der Waals surface area contributed by atoms with Gasteiger partial charge in [-0.1, -0.05) is 36.4 Å². The van der Waals surface area contributed by atoms with Crippen LogP contribution in [-0.2, 0) is 9.47 Å². The Morgan fingerprint density at radius 3 is 2.63 bits per heavy atom. The Bertz CT molecular complexity index is 573. The first-order valence-corrected chi connectivity index (χ1v) is 6.63. The summed E-state index contributed by atoms with van der Waals surface area (Å²) in [7, 11) is 0. The molecule has 1 N–H and O–H groups in total. The van der Waals surface area contributed by atoms with Crippen molar-refractivity contribution in [2.24, 2.45) is 0 Å². The molecule has 100 valence electrons. The largest absolute Gasteiger partial charge is 0.386 e. The van der Waals surface area contributed by atoms with Crippen LogP contribution < -0.4 is 0 Å². The molecule has 1 saturated heterocycles. The van der Waals surface area contributed by atoms with Crippen molar-refractivity contribution in [3.8, 4) is 0 Å². The molecular formula is C16H18O3. The maximum Gasteiger partial charge on any atom is 0.111 e. The lowest BCUT2D eigenvalue weighted by molar-refractivity contribution is -0.133. The van der Waals surface area contributed by atoms with E-state index >= 15 is 0 Å². The number of hydrogen-bond acceptors (Lipinski definition) is 3. The van der Waals surface area contributed by atoms with Crippen LogP contribution in [0.25, 0.3) is 10.8 Å². The first-order chi connectivity index (χ1) is 9.27. The number of ether oxygens (including phenoxy) is 2. The minimum atomic E-state index is -0.647. The lowest BCUT2D eigenvalue weighted by Crippen LogP contribution is -2.33. The van der Waals surface area contributed by atoms with Crippen molar-refractivity contribution >= 4 is 10.8 Å².